The number of rotatable bonds is 0. The Morgan fingerprint density at radius 2 is 2.14 bits per heavy atom. The summed E-state index contributed by atoms with van der Waals surface area (Å²) in [5, 5.41) is 0. The van der Waals surface area contributed by atoms with E-state index in [1.54, 1.807) is 0 Å². The molecule has 1 aliphatic rings. The van der Waals surface area contributed by atoms with Crippen molar-refractivity contribution in [2.45, 2.75) is 10.8 Å². The second kappa shape index (κ2) is 1.22. The Bertz CT molecular complexity index is 145. The maximum atomic E-state index is 7.96. The van der Waals surface area contributed by atoms with Crippen LogP contribution in [-0.2, 0) is 0 Å². The average molecular weight is 137 g/mol. The highest BCUT2D eigenvalue weighted by molar-refractivity contribution is 6.65. The van der Waals surface area contributed by atoms with Crippen LogP contribution in [0.3, 0.4) is 0 Å². The Hall–Kier alpha value is -0.0400. The normalized spacial score (nSPS) is 24.0. The highest BCUT2D eigenvalue weighted by Gasteiger charge is 2.57. The molecule has 0 saturated heterocycles. The van der Waals surface area contributed by atoms with Crippen molar-refractivity contribution in [1.82, 2.24) is 0 Å². The van der Waals surface area contributed by atoms with Gasteiger partial charge in [0.2, 0.25) is 4.33 Å². The first-order valence-electron chi connectivity index (χ1n) is 1.76. The summed E-state index contributed by atoms with van der Waals surface area (Å²) in [4.78, 5) is 2.81. The lowest BCUT2D eigenvalue weighted by molar-refractivity contribution is -0.00114. The van der Waals surface area contributed by atoms with Crippen LogP contribution in [0.5, 0.6) is 0 Å². The van der Waals surface area contributed by atoms with Gasteiger partial charge in [0.15, 0.2) is 0 Å². The van der Waals surface area contributed by atoms with Gasteiger partial charge in [0.05, 0.1) is 6.42 Å². The zero-order chi connectivity index (χ0) is 5.49. The molecule has 0 aromatic carbocycles. The van der Waals surface area contributed by atoms with Crippen LogP contribution in [0.15, 0.2) is 0 Å². The highest BCUT2D eigenvalue weighted by atomic mass is 35.5. The number of hydrogen-bond donors (Lipinski definition) is 0. The van der Waals surface area contributed by atoms with Gasteiger partial charge < -0.3 is 5.53 Å². The molecule has 1 saturated carbocycles. The number of nitrogens with zero attached hydrogens (tertiary/aromatic N) is 2. The maximum Gasteiger partial charge on any atom is 0.308 e. The van der Waals surface area contributed by atoms with Crippen molar-refractivity contribution in [3.05, 3.63) is 5.53 Å². The van der Waals surface area contributed by atoms with Crippen molar-refractivity contribution in [2.24, 2.45) is 0 Å². The minimum atomic E-state index is -0.839. The highest BCUT2D eigenvalue weighted by Crippen LogP contribution is 2.41. The zero-order valence-electron chi connectivity index (χ0n) is 3.36. The summed E-state index contributed by atoms with van der Waals surface area (Å²) in [5.41, 5.74) is 8.42. The van der Waals surface area contributed by atoms with E-state index < -0.39 is 4.33 Å². The van der Waals surface area contributed by atoms with E-state index in [0.717, 1.165) is 0 Å². The number of halogens is 2. The van der Waals surface area contributed by atoms with Gasteiger partial charge in [-0.2, -0.15) is 4.79 Å². The van der Waals surface area contributed by atoms with Crippen LogP contribution in [0.1, 0.15) is 6.42 Å². The molecule has 4 heteroatoms. The van der Waals surface area contributed by atoms with Crippen molar-refractivity contribution in [3.8, 4) is 0 Å². The summed E-state index contributed by atoms with van der Waals surface area (Å²) < 4.78 is -0.839. The summed E-state index contributed by atoms with van der Waals surface area (Å²) in [7, 11) is 0. The molecule has 2 nitrogen and oxygen atoms in total. The summed E-state index contributed by atoms with van der Waals surface area (Å²) in [6.07, 6.45) is 0.493. The molecule has 0 unspecified atom stereocenters. The van der Waals surface area contributed by atoms with E-state index in [0.29, 0.717) is 12.1 Å². The third-order valence-corrected chi connectivity index (χ3v) is 1.51. The molecule has 0 amide bonds. The molecule has 1 aliphatic carbocycles. The molecule has 0 spiro atoms. The van der Waals surface area contributed by atoms with Crippen LogP contribution >= 0.6 is 23.2 Å². The molecule has 0 aliphatic heterocycles. The van der Waals surface area contributed by atoms with Gasteiger partial charge in [0.25, 0.3) is 0 Å². The van der Waals surface area contributed by atoms with Gasteiger partial charge >= 0.3 is 5.71 Å². The van der Waals surface area contributed by atoms with E-state index in [1.165, 1.54) is 0 Å². The average Bonchev–Trinajstić information content (AvgIpc) is 2.13. The lowest BCUT2D eigenvalue weighted by Gasteiger charge is -1.73. The fraction of sp³-hybridized carbons (Fsp3) is 0.667. The first kappa shape index (κ1) is 5.10. The Kier molecular flexibility index (Phi) is 0.890. The number of alkyl halides is 2. The molecule has 7 heavy (non-hydrogen) atoms. The molecule has 0 atom stereocenters. The third kappa shape index (κ3) is 0.778. The zero-order valence-corrected chi connectivity index (χ0v) is 4.87. The van der Waals surface area contributed by atoms with Gasteiger partial charge in [-0.15, -0.1) is 0 Å². The monoisotopic (exact) mass is 136 g/mol. The molecule has 0 bridgehead atoms. The third-order valence-electron chi connectivity index (χ3n) is 0.807. The van der Waals surface area contributed by atoms with E-state index in [2.05, 4.69) is 4.79 Å². The van der Waals surface area contributed by atoms with Crippen LogP contribution in [0.4, 0.5) is 0 Å². The second-order valence-corrected chi connectivity index (χ2v) is 2.91. The molecule has 0 aromatic rings. The fourth-order valence-electron chi connectivity index (χ4n) is 0.275. The molecule has 0 radical (unpaired) electrons. The molecular formula is C3H2Cl2N2. The van der Waals surface area contributed by atoms with Crippen LogP contribution in [-0.4, -0.2) is 14.8 Å². The number of hydrogen-bond acceptors (Lipinski definition) is 0. The lowest BCUT2D eigenvalue weighted by atomic mass is 10.9. The smallest absolute Gasteiger partial charge is 0.308 e. The van der Waals surface area contributed by atoms with Crippen molar-refractivity contribution in [2.75, 3.05) is 0 Å². The van der Waals surface area contributed by atoms with E-state index in [9.17, 15) is 0 Å². The Morgan fingerprint density at radius 3 is 2.14 bits per heavy atom. The van der Waals surface area contributed by atoms with Gasteiger partial charge in [0, 0.05) is 0 Å². The first-order valence-corrected chi connectivity index (χ1v) is 2.51. The van der Waals surface area contributed by atoms with Crippen LogP contribution in [0.2, 0.25) is 0 Å². The summed E-state index contributed by atoms with van der Waals surface area (Å²) in [6, 6.07) is 0. The SMILES string of the molecule is [N-]=[N+]=C1CC1(Cl)Cl. The topological polar surface area (TPSA) is 36.4 Å². The van der Waals surface area contributed by atoms with Gasteiger partial charge in [-0.05, 0) is 0 Å². The van der Waals surface area contributed by atoms with Crippen LogP contribution < -0.4 is 0 Å². The van der Waals surface area contributed by atoms with Gasteiger partial charge in [-0.25, -0.2) is 0 Å². The van der Waals surface area contributed by atoms with Gasteiger partial charge in [-0.1, -0.05) is 23.2 Å². The predicted molar refractivity (Wildman–Crippen MR) is 27.7 cm³/mol. The van der Waals surface area contributed by atoms with Crippen LogP contribution in [0.25, 0.3) is 5.53 Å². The Balaban J connectivity index is 2.79. The molecule has 0 N–H and O–H groups in total. The first-order chi connectivity index (χ1) is 3.17. The minimum Gasteiger partial charge on any atom is -0.361 e. The van der Waals surface area contributed by atoms with E-state index in [1.807, 2.05) is 0 Å². The molecule has 1 rings (SSSR count). The summed E-state index contributed by atoms with van der Waals surface area (Å²) >= 11 is 10.8. The van der Waals surface area contributed by atoms with E-state index in [4.69, 9.17) is 28.7 Å². The van der Waals surface area contributed by atoms with E-state index >= 15 is 0 Å². The van der Waals surface area contributed by atoms with Gasteiger partial charge in [0.1, 0.15) is 0 Å². The fourth-order valence-corrected chi connectivity index (χ4v) is 0.603. The van der Waals surface area contributed by atoms with Crippen molar-refractivity contribution in [1.29, 1.82) is 0 Å². The quantitative estimate of drug-likeness (QED) is 0.273. The predicted octanol–water partition coefficient (Wildman–Crippen LogP) is 1.23. The standard InChI is InChI=1S/C3H2Cl2N2/c4-3(5)1-2(3)7-6/h1H2. The molecule has 0 heterocycles. The summed E-state index contributed by atoms with van der Waals surface area (Å²) in [5.74, 6) is 0. The molecular weight excluding hydrogens is 135 g/mol. The van der Waals surface area contributed by atoms with Crippen LogP contribution in [0, 0.1) is 0 Å². The molecule has 1 fully saturated rings. The van der Waals surface area contributed by atoms with Crippen molar-refractivity contribution >= 4 is 28.9 Å². The van der Waals surface area contributed by atoms with Gasteiger partial charge in [-0.3, -0.25) is 0 Å². The minimum absolute atomic E-state index is 0.454. The lowest BCUT2D eigenvalue weighted by Crippen LogP contribution is -1.85. The van der Waals surface area contributed by atoms with Crippen molar-refractivity contribution < 1.29 is 4.79 Å². The van der Waals surface area contributed by atoms with E-state index in [-0.39, 0.29) is 0 Å². The molecule has 38 valence electrons. The summed E-state index contributed by atoms with van der Waals surface area (Å²) in [6.45, 7) is 0. The second-order valence-electron chi connectivity index (χ2n) is 1.43. The maximum absolute atomic E-state index is 7.96. The largest absolute Gasteiger partial charge is 0.361 e. The van der Waals surface area contributed by atoms with Crippen molar-refractivity contribution in [3.63, 3.8) is 0 Å². The Morgan fingerprint density at radius 1 is 1.71 bits per heavy atom. The molecule has 0 aromatic heterocycles. The Labute approximate surface area is 50.7 Å².